The first-order valence-corrected chi connectivity index (χ1v) is 6.93. The Morgan fingerprint density at radius 1 is 1.42 bits per heavy atom. The van der Waals surface area contributed by atoms with Crippen molar-refractivity contribution in [3.05, 3.63) is 23.8 Å². The molecule has 104 valence electrons. The molecular weight excluding hydrogens is 272 g/mol. The highest BCUT2D eigenvalue weighted by atomic mass is 32.2. The van der Waals surface area contributed by atoms with Crippen LogP contribution in [-0.2, 0) is 10.0 Å². The van der Waals surface area contributed by atoms with Gasteiger partial charge in [-0.25, -0.2) is 13.2 Å². The SMILES string of the molecule is CC1(O)CN(S(=O)(=O)c2ccc(C(=O)O)cc2N)C1. The van der Waals surface area contributed by atoms with E-state index < -0.39 is 21.6 Å². The van der Waals surface area contributed by atoms with Crippen LogP contribution in [0.2, 0.25) is 0 Å². The molecule has 0 aromatic heterocycles. The van der Waals surface area contributed by atoms with Crippen molar-refractivity contribution in [3.8, 4) is 0 Å². The summed E-state index contributed by atoms with van der Waals surface area (Å²) >= 11 is 0. The average Bonchev–Trinajstić information content (AvgIpc) is 2.25. The third kappa shape index (κ3) is 2.42. The normalized spacial score (nSPS) is 18.8. The third-order valence-corrected chi connectivity index (χ3v) is 4.77. The van der Waals surface area contributed by atoms with E-state index in [4.69, 9.17) is 10.8 Å². The van der Waals surface area contributed by atoms with E-state index in [2.05, 4.69) is 0 Å². The number of nitrogen functional groups attached to an aromatic ring is 1. The lowest BCUT2D eigenvalue weighted by molar-refractivity contribution is -0.0426. The molecule has 0 unspecified atom stereocenters. The molecule has 4 N–H and O–H groups in total. The highest BCUT2D eigenvalue weighted by molar-refractivity contribution is 7.89. The highest BCUT2D eigenvalue weighted by Gasteiger charge is 2.44. The number of carboxylic acids is 1. The molecule has 1 aromatic carbocycles. The van der Waals surface area contributed by atoms with Gasteiger partial charge in [0, 0.05) is 13.1 Å². The minimum atomic E-state index is -3.79. The van der Waals surface area contributed by atoms with Gasteiger partial charge in [0.2, 0.25) is 10.0 Å². The molecule has 0 amide bonds. The minimum Gasteiger partial charge on any atom is -0.478 e. The Hall–Kier alpha value is -1.64. The molecule has 0 bridgehead atoms. The third-order valence-electron chi connectivity index (χ3n) is 2.91. The average molecular weight is 286 g/mol. The summed E-state index contributed by atoms with van der Waals surface area (Å²) in [7, 11) is -3.79. The van der Waals surface area contributed by atoms with Gasteiger partial charge in [0.1, 0.15) is 4.90 Å². The summed E-state index contributed by atoms with van der Waals surface area (Å²) < 4.78 is 25.5. The first-order valence-electron chi connectivity index (χ1n) is 5.49. The lowest BCUT2D eigenvalue weighted by atomic mass is 10.0. The van der Waals surface area contributed by atoms with Gasteiger partial charge >= 0.3 is 5.97 Å². The van der Waals surface area contributed by atoms with E-state index in [-0.39, 0.29) is 29.2 Å². The Balaban J connectivity index is 2.35. The number of nitrogens with zero attached hydrogens (tertiary/aromatic N) is 1. The molecule has 0 atom stereocenters. The molecule has 19 heavy (non-hydrogen) atoms. The van der Waals surface area contributed by atoms with E-state index in [0.717, 1.165) is 10.4 Å². The fraction of sp³-hybridized carbons (Fsp3) is 0.364. The molecule has 0 spiro atoms. The van der Waals surface area contributed by atoms with Crippen LogP contribution in [0, 0.1) is 0 Å². The molecular formula is C11H14N2O5S. The predicted molar refractivity (Wildman–Crippen MR) is 67.2 cm³/mol. The topological polar surface area (TPSA) is 121 Å². The summed E-state index contributed by atoms with van der Waals surface area (Å²) in [6, 6.07) is 3.46. The van der Waals surface area contributed by atoms with Crippen LogP contribution in [0.5, 0.6) is 0 Å². The number of carbonyl (C=O) groups is 1. The number of aromatic carboxylic acids is 1. The Bertz CT molecular complexity index is 630. The Labute approximate surface area is 110 Å². The van der Waals surface area contributed by atoms with Crippen LogP contribution in [0.3, 0.4) is 0 Å². The van der Waals surface area contributed by atoms with Crippen LogP contribution in [-0.4, -0.2) is 47.6 Å². The molecule has 0 saturated carbocycles. The molecule has 1 fully saturated rings. The summed E-state index contributed by atoms with van der Waals surface area (Å²) in [5, 5.41) is 18.4. The van der Waals surface area contributed by atoms with Crippen molar-refractivity contribution in [2.45, 2.75) is 17.4 Å². The van der Waals surface area contributed by atoms with Crippen LogP contribution >= 0.6 is 0 Å². The Kier molecular flexibility index (Phi) is 3.04. The van der Waals surface area contributed by atoms with Gasteiger partial charge in [-0.05, 0) is 25.1 Å². The molecule has 8 heteroatoms. The van der Waals surface area contributed by atoms with Crippen LogP contribution in [0.15, 0.2) is 23.1 Å². The van der Waals surface area contributed by atoms with E-state index in [1.54, 1.807) is 0 Å². The van der Waals surface area contributed by atoms with Crippen molar-refractivity contribution in [2.24, 2.45) is 0 Å². The Morgan fingerprint density at radius 2 is 2.00 bits per heavy atom. The number of hydrogen-bond acceptors (Lipinski definition) is 5. The summed E-state index contributed by atoms with van der Waals surface area (Å²) in [6.07, 6.45) is 0. The second-order valence-corrected chi connectivity index (χ2v) is 6.73. The molecule has 0 aliphatic carbocycles. The van der Waals surface area contributed by atoms with Gasteiger partial charge < -0.3 is 15.9 Å². The molecule has 1 heterocycles. The minimum absolute atomic E-state index is 0.00451. The second-order valence-electron chi connectivity index (χ2n) is 4.83. The fourth-order valence-corrected chi connectivity index (χ4v) is 3.71. The number of nitrogens with two attached hydrogens (primary N) is 1. The van der Waals surface area contributed by atoms with Gasteiger partial charge in [0.05, 0.1) is 16.9 Å². The van der Waals surface area contributed by atoms with Gasteiger partial charge in [-0.15, -0.1) is 0 Å². The molecule has 2 rings (SSSR count). The summed E-state index contributed by atoms with van der Waals surface area (Å²) in [5.41, 5.74) is 4.38. The summed E-state index contributed by atoms with van der Waals surface area (Å²) in [5.74, 6) is -1.18. The van der Waals surface area contributed by atoms with Crippen molar-refractivity contribution in [2.75, 3.05) is 18.8 Å². The second kappa shape index (κ2) is 4.19. The van der Waals surface area contributed by atoms with Gasteiger partial charge in [0.15, 0.2) is 0 Å². The summed E-state index contributed by atoms with van der Waals surface area (Å²) in [6.45, 7) is 1.53. The lowest BCUT2D eigenvalue weighted by Crippen LogP contribution is -2.61. The maximum absolute atomic E-state index is 12.2. The molecule has 1 aliphatic rings. The number of anilines is 1. The zero-order valence-corrected chi connectivity index (χ0v) is 11.0. The first-order chi connectivity index (χ1) is 8.63. The highest BCUT2D eigenvalue weighted by Crippen LogP contribution is 2.30. The number of hydrogen-bond donors (Lipinski definition) is 3. The smallest absolute Gasteiger partial charge is 0.335 e. The molecule has 1 aliphatic heterocycles. The van der Waals surface area contributed by atoms with Crippen molar-refractivity contribution < 1.29 is 23.4 Å². The van der Waals surface area contributed by atoms with Gasteiger partial charge in [-0.1, -0.05) is 0 Å². The lowest BCUT2D eigenvalue weighted by Gasteiger charge is -2.42. The quantitative estimate of drug-likeness (QED) is 0.657. The first kappa shape index (κ1) is 13.8. The number of carboxylic acid groups (broad SMARTS) is 1. The maximum atomic E-state index is 12.2. The maximum Gasteiger partial charge on any atom is 0.335 e. The van der Waals surface area contributed by atoms with Crippen LogP contribution < -0.4 is 5.73 Å². The van der Waals surface area contributed by atoms with Crippen LogP contribution in [0.25, 0.3) is 0 Å². The number of β-amino-alcohol motifs (C(OH)–C–C–N with tert-alkyl or cyclic N) is 1. The molecule has 0 radical (unpaired) electrons. The van der Waals surface area contributed by atoms with Gasteiger partial charge in [-0.3, -0.25) is 0 Å². The number of benzene rings is 1. The van der Waals surface area contributed by atoms with Crippen molar-refractivity contribution >= 4 is 21.7 Å². The number of rotatable bonds is 3. The number of sulfonamides is 1. The number of aliphatic hydroxyl groups is 1. The van der Waals surface area contributed by atoms with E-state index in [1.165, 1.54) is 19.1 Å². The van der Waals surface area contributed by atoms with Crippen molar-refractivity contribution in [1.82, 2.24) is 4.31 Å². The van der Waals surface area contributed by atoms with E-state index >= 15 is 0 Å². The van der Waals surface area contributed by atoms with Crippen molar-refractivity contribution in [1.29, 1.82) is 0 Å². The van der Waals surface area contributed by atoms with E-state index in [9.17, 15) is 18.3 Å². The monoisotopic (exact) mass is 286 g/mol. The predicted octanol–water partition coefficient (Wildman–Crippen LogP) is -0.278. The van der Waals surface area contributed by atoms with Crippen LogP contribution in [0.1, 0.15) is 17.3 Å². The zero-order valence-electron chi connectivity index (χ0n) is 10.2. The van der Waals surface area contributed by atoms with Gasteiger partial charge in [0.25, 0.3) is 0 Å². The molecule has 1 aromatic rings. The standard InChI is InChI=1S/C11H14N2O5S/c1-11(16)5-13(6-11)19(17,18)9-3-2-7(10(14)15)4-8(9)12/h2-4,16H,5-6,12H2,1H3,(H,14,15). The Morgan fingerprint density at radius 3 is 2.42 bits per heavy atom. The largest absolute Gasteiger partial charge is 0.478 e. The fourth-order valence-electron chi connectivity index (χ4n) is 1.94. The zero-order chi connectivity index (χ0) is 14.4. The molecule has 7 nitrogen and oxygen atoms in total. The van der Waals surface area contributed by atoms with E-state index in [1.807, 2.05) is 0 Å². The van der Waals surface area contributed by atoms with Crippen molar-refractivity contribution in [3.63, 3.8) is 0 Å². The van der Waals surface area contributed by atoms with E-state index in [0.29, 0.717) is 0 Å². The van der Waals surface area contributed by atoms with Crippen LogP contribution in [0.4, 0.5) is 5.69 Å². The summed E-state index contributed by atoms with van der Waals surface area (Å²) in [4.78, 5) is 10.6. The van der Waals surface area contributed by atoms with Gasteiger partial charge in [-0.2, -0.15) is 4.31 Å². The molecule has 1 saturated heterocycles.